The maximum Gasteiger partial charge on any atom is 0.242 e. The van der Waals surface area contributed by atoms with E-state index in [0.29, 0.717) is 10.9 Å². The molecule has 1 unspecified atom stereocenters. The molecule has 1 aromatic rings. The molecule has 0 radical (unpaired) electrons. The smallest absolute Gasteiger partial charge is 0.242 e. The first-order chi connectivity index (χ1) is 8.37. The van der Waals surface area contributed by atoms with Gasteiger partial charge in [0.25, 0.3) is 0 Å². The number of rotatable bonds is 6. The van der Waals surface area contributed by atoms with E-state index in [1.54, 1.807) is 12.1 Å². The molecule has 5 heteroatoms. The third kappa shape index (κ3) is 3.80. The number of hydrogen-bond donors (Lipinski definition) is 1. The molecule has 0 aliphatic rings. The number of nitrogens with zero attached hydrogens (tertiary/aromatic N) is 1. The molecule has 1 aromatic carbocycles. The lowest BCUT2D eigenvalue weighted by atomic mass is 10.1. The molecule has 0 aliphatic carbocycles. The van der Waals surface area contributed by atoms with Gasteiger partial charge in [0.15, 0.2) is 0 Å². The summed E-state index contributed by atoms with van der Waals surface area (Å²) < 4.78 is 25.0. The van der Waals surface area contributed by atoms with Crippen molar-refractivity contribution in [2.75, 3.05) is 20.6 Å². The van der Waals surface area contributed by atoms with E-state index in [0.717, 1.165) is 18.5 Å². The van der Waals surface area contributed by atoms with Gasteiger partial charge in [-0.1, -0.05) is 19.1 Å². The van der Waals surface area contributed by atoms with Crippen LogP contribution in [0.15, 0.2) is 29.2 Å². The zero-order valence-electron chi connectivity index (χ0n) is 11.5. The van der Waals surface area contributed by atoms with E-state index in [2.05, 4.69) is 19.2 Å². The average Bonchev–Trinajstić information content (AvgIpc) is 2.29. The van der Waals surface area contributed by atoms with E-state index in [4.69, 9.17) is 0 Å². The van der Waals surface area contributed by atoms with Crippen LogP contribution in [0, 0.1) is 0 Å². The van der Waals surface area contributed by atoms with Crippen molar-refractivity contribution in [1.82, 2.24) is 9.62 Å². The molecule has 0 amide bonds. The summed E-state index contributed by atoms with van der Waals surface area (Å²) in [6.07, 6.45) is 0.899. The first-order valence-electron chi connectivity index (χ1n) is 6.12. The summed E-state index contributed by atoms with van der Waals surface area (Å²) in [6.45, 7) is 5.13. The second-order valence-electron chi connectivity index (χ2n) is 4.59. The molecule has 0 saturated carbocycles. The Morgan fingerprint density at radius 1 is 1.22 bits per heavy atom. The molecule has 0 bridgehead atoms. The van der Waals surface area contributed by atoms with Crippen molar-refractivity contribution in [3.05, 3.63) is 29.8 Å². The Hall–Kier alpha value is -0.910. The van der Waals surface area contributed by atoms with Crippen LogP contribution >= 0.6 is 0 Å². The Morgan fingerprint density at radius 3 is 2.22 bits per heavy atom. The lowest BCUT2D eigenvalue weighted by Crippen LogP contribution is -2.27. The van der Waals surface area contributed by atoms with Crippen molar-refractivity contribution in [1.29, 1.82) is 0 Å². The molecule has 0 aromatic heterocycles. The summed E-state index contributed by atoms with van der Waals surface area (Å²) in [4.78, 5) is 0.340. The summed E-state index contributed by atoms with van der Waals surface area (Å²) in [5, 5.41) is 3.33. The van der Waals surface area contributed by atoms with E-state index in [9.17, 15) is 8.42 Å². The van der Waals surface area contributed by atoms with Crippen LogP contribution in [0.1, 0.15) is 19.4 Å². The molecule has 0 heterocycles. The summed E-state index contributed by atoms with van der Waals surface area (Å²) in [7, 11) is -0.238. The number of sulfonamides is 1. The molecule has 0 fully saturated rings. The van der Waals surface area contributed by atoms with Gasteiger partial charge in [0.1, 0.15) is 0 Å². The van der Waals surface area contributed by atoms with E-state index < -0.39 is 10.0 Å². The molecule has 4 nitrogen and oxygen atoms in total. The fourth-order valence-corrected chi connectivity index (χ4v) is 2.68. The summed E-state index contributed by atoms with van der Waals surface area (Å²) in [5.41, 5.74) is 1.14. The fourth-order valence-electron chi connectivity index (χ4n) is 1.78. The minimum Gasteiger partial charge on any atom is -0.314 e. The average molecular weight is 270 g/mol. The molecule has 1 atom stereocenters. The molecule has 18 heavy (non-hydrogen) atoms. The third-order valence-electron chi connectivity index (χ3n) is 2.80. The van der Waals surface area contributed by atoms with Gasteiger partial charge in [-0.2, -0.15) is 0 Å². The zero-order valence-corrected chi connectivity index (χ0v) is 12.3. The first-order valence-corrected chi connectivity index (χ1v) is 7.56. The van der Waals surface area contributed by atoms with Gasteiger partial charge in [-0.05, 0) is 37.6 Å². The SMILES string of the molecule is CCNC(C)Cc1ccc(S(=O)(=O)N(C)C)cc1. The standard InChI is InChI=1S/C13H22N2O2S/c1-5-14-11(2)10-12-6-8-13(9-7-12)18(16,17)15(3)4/h6-9,11,14H,5,10H2,1-4H3. The van der Waals surface area contributed by atoms with Crippen molar-refractivity contribution >= 4 is 10.0 Å². The minimum absolute atomic E-state index is 0.340. The highest BCUT2D eigenvalue weighted by Crippen LogP contribution is 2.14. The number of nitrogens with one attached hydrogen (secondary N) is 1. The molecule has 0 saturated heterocycles. The van der Waals surface area contributed by atoms with E-state index in [1.165, 1.54) is 18.4 Å². The minimum atomic E-state index is -3.31. The van der Waals surface area contributed by atoms with Gasteiger partial charge < -0.3 is 5.32 Å². The lowest BCUT2D eigenvalue weighted by molar-refractivity contribution is 0.520. The Morgan fingerprint density at radius 2 is 1.78 bits per heavy atom. The van der Waals surface area contributed by atoms with Crippen LogP contribution in [-0.2, 0) is 16.4 Å². The predicted molar refractivity (Wildman–Crippen MR) is 74.2 cm³/mol. The highest BCUT2D eigenvalue weighted by molar-refractivity contribution is 7.89. The van der Waals surface area contributed by atoms with Crippen LogP contribution in [0.3, 0.4) is 0 Å². The molecule has 0 aliphatic heterocycles. The zero-order chi connectivity index (χ0) is 13.8. The van der Waals surface area contributed by atoms with Crippen LogP contribution in [0.4, 0.5) is 0 Å². The fraction of sp³-hybridized carbons (Fsp3) is 0.538. The number of likely N-dealkylation sites (N-methyl/N-ethyl adjacent to an activating group) is 1. The maximum absolute atomic E-state index is 11.9. The highest BCUT2D eigenvalue weighted by Gasteiger charge is 2.16. The summed E-state index contributed by atoms with van der Waals surface area (Å²) in [6, 6.07) is 7.49. The van der Waals surface area contributed by atoms with Crippen molar-refractivity contribution in [3.8, 4) is 0 Å². The Balaban J connectivity index is 2.81. The van der Waals surface area contributed by atoms with Crippen LogP contribution in [0.25, 0.3) is 0 Å². The van der Waals surface area contributed by atoms with Crippen molar-refractivity contribution in [3.63, 3.8) is 0 Å². The van der Waals surface area contributed by atoms with Crippen molar-refractivity contribution in [2.24, 2.45) is 0 Å². The van der Waals surface area contributed by atoms with Crippen molar-refractivity contribution < 1.29 is 8.42 Å². The largest absolute Gasteiger partial charge is 0.314 e. The molecule has 1 rings (SSSR count). The lowest BCUT2D eigenvalue weighted by Gasteiger charge is -2.14. The molecule has 0 spiro atoms. The third-order valence-corrected chi connectivity index (χ3v) is 4.63. The predicted octanol–water partition coefficient (Wildman–Crippen LogP) is 1.48. The maximum atomic E-state index is 11.9. The Labute approximate surface area is 110 Å². The second-order valence-corrected chi connectivity index (χ2v) is 6.75. The Kier molecular flexibility index (Phi) is 5.31. The number of benzene rings is 1. The molecular formula is C13H22N2O2S. The van der Waals surface area contributed by atoms with E-state index >= 15 is 0 Å². The van der Waals surface area contributed by atoms with Crippen LogP contribution in [-0.4, -0.2) is 39.4 Å². The van der Waals surface area contributed by atoms with Gasteiger partial charge in [-0.25, -0.2) is 12.7 Å². The topological polar surface area (TPSA) is 49.4 Å². The quantitative estimate of drug-likeness (QED) is 0.852. The van der Waals surface area contributed by atoms with Crippen LogP contribution < -0.4 is 5.32 Å². The highest BCUT2D eigenvalue weighted by atomic mass is 32.2. The van der Waals surface area contributed by atoms with Gasteiger partial charge in [0, 0.05) is 20.1 Å². The van der Waals surface area contributed by atoms with Gasteiger partial charge in [0.2, 0.25) is 10.0 Å². The van der Waals surface area contributed by atoms with Gasteiger partial charge >= 0.3 is 0 Å². The van der Waals surface area contributed by atoms with Gasteiger partial charge in [-0.3, -0.25) is 0 Å². The van der Waals surface area contributed by atoms with Crippen LogP contribution in [0.5, 0.6) is 0 Å². The van der Waals surface area contributed by atoms with Gasteiger partial charge in [-0.15, -0.1) is 0 Å². The monoisotopic (exact) mass is 270 g/mol. The van der Waals surface area contributed by atoms with E-state index in [1.807, 2.05) is 12.1 Å². The van der Waals surface area contributed by atoms with Crippen LogP contribution in [0.2, 0.25) is 0 Å². The molecular weight excluding hydrogens is 248 g/mol. The molecule has 1 N–H and O–H groups in total. The Bertz CT molecular complexity index is 466. The van der Waals surface area contributed by atoms with Crippen molar-refractivity contribution in [2.45, 2.75) is 31.2 Å². The molecule has 102 valence electrons. The first kappa shape index (κ1) is 15.1. The summed E-state index contributed by atoms with van der Waals surface area (Å²) >= 11 is 0. The number of hydrogen-bond acceptors (Lipinski definition) is 3. The van der Waals surface area contributed by atoms with Gasteiger partial charge in [0.05, 0.1) is 4.90 Å². The van der Waals surface area contributed by atoms with E-state index in [-0.39, 0.29) is 0 Å². The second kappa shape index (κ2) is 6.31. The normalized spacial score (nSPS) is 13.8. The summed E-state index contributed by atoms with van der Waals surface area (Å²) in [5.74, 6) is 0.